The number of nitrogens with one attached hydrogen (secondary N) is 1. The number of nitrogens with zero attached hydrogens (tertiary/aromatic N) is 1. The summed E-state index contributed by atoms with van der Waals surface area (Å²) in [5.41, 5.74) is -0.708. The molecule has 0 atom stereocenters. The molecule has 0 saturated carbocycles. The smallest absolute Gasteiger partial charge is 0.338 e. The second-order valence-corrected chi connectivity index (χ2v) is 8.24. The summed E-state index contributed by atoms with van der Waals surface area (Å²) in [7, 11) is 0.481. The monoisotopic (exact) mass is 372 g/mol. The topological polar surface area (TPSA) is 102 Å². The van der Waals surface area contributed by atoms with Gasteiger partial charge in [0.05, 0.1) is 12.7 Å². The molecule has 0 heterocycles. The van der Waals surface area contributed by atoms with E-state index in [0.717, 1.165) is 6.07 Å². The number of hydrogen-bond acceptors (Lipinski definition) is 6. The van der Waals surface area contributed by atoms with Gasteiger partial charge < -0.3 is 14.4 Å². The third-order valence-corrected chi connectivity index (χ3v) is 4.73. The Labute approximate surface area is 148 Å². The quantitative estimate of drug-likeness (QED) is 0.748. The Kier molecular flexibility index (Phi) is 6.55. The van der Waals surface area contributed by atoms with Crippen LogP contribution in [0.4, 0.5) is 0 Å². The fourth-order valence-corrected chi connectivity index (χ4v) is 3.43. The summed E-state index contributed by atoms with van der Waals surface area (Å²) >= 11 is 0. The maximum atomic E-state index is 12.6. The van der Waals surface area contributed by atoms with Crippen LogP contribution in [0.3, 0.4) is 0 Å². The van der Waals surface area contributed by atoms with Gasteiger partial charge in [-0.25, -0.2) is 17.9 Å². The van der Waals surface area contributed by atoms with Crippen molar-refractivity contribution >= 4 is 21.9 Å². The van der Waals surface area contributed by atoms with E-state index in [1.165, 1.54) is 38.2 Å². The van der Waals surface area contributed by atoms with E-state index in [4.69, 9.17) is 9.47 Å². The molecule has 0 aliphatic heterocycles. The third kappa shape index (κ3) is 6.02. The molecule has 8 nitrogen and oxygen atoms in total. The average molecular weight is 372 g/mol. The zero-order valence-electron chi connectivity index (χ0n) is 15.2. The molecule has 0 aliphatic rings. The van der Waals surface area contributed by atoms with Gasteiger partial charge >= 0.3 is 5.97 Å². The van der Waals surface area contributed by atoms with Crippen molar-refractivity contribution in [2.24, 2.45) is 0 Å². The molecule has 1 rings (SSSR count). The molecule has 0 aliphatic carbocycles. The average Bonchev–Trinajstić information content (AvgIpc) is 2.49. The predicted molar refractivity (Wildman–Crippen MR) is 92.0 cm³/mol. The lowest BCUT2D eigenvalue weighted by molar-refractivity contribution is -0.131. The van der Waals surface area contributed by atoms with Crippen molar-refractivity contribution in [2.45, 2.75) is 31.2 Å². The molecule has 0 aromatic heterocycles. The highest BCUT2D eigenvalue weighted by atomic mass is 32.2. The Morgan fingerprint density at radius 1 is 1.20 bits per heavy atom. The van der Waals surface area contributed by atoms with Crippen LogP contribution in [0.1, 0.15) is 31.1 Å². The number of amides is 1. The van der Waals surface area contributed by atoms with Crippen molar-refractivity contribution in [3.05, 3.63) is 23.8 Å². The molecule has 1 N–H and O–H groups in total. The molecule has 0 fully saturated rings. The molecule has 1 aromatic carbocycles. The molecule has 9 heteroatoms. The van der Waals surface area contributed by atoms with E-state index in [2.05, 4.69) is 4.72 Å². The predicted octanol–water partition coefficient (Wildman–Crippen LogP) is 1.02. The molecule has 0 saturated heterocycles. The Bertz CT molecular complexity index is 750. The minimum Gasteiger partial charge on any atom is -0.495 e. The van der Waals surface area contributed by atoms with Gasteiger partial charge in [-0.2, -0.15) is 0 Å². The second-order valence-electron chi connectivity index (χ2n) is 6.59. The van der Waals surface area contributed by atoms with Crippen LogP contribution < -0.4 is 9.46 Å². The summed E-state index contributed by atoms with van der Waals surface area (Å²) in [4.78, 5) is 24.7. The zero-order valence-corrected chi connectivity index (χ0v) is 16.1. The number of ether oxygens (including phenoxy) is 2. The van der Waals surface area contributed by atoms with E-state index in [9.17, 15) is 18.0 Å². The van der Waals surface area contributed by atoms with Crippen LogP contribution in [0.25, 0.3) is 0 Å². The molecular formula is C16H24N2O6S. The standard InChI is InChI=1S/C16H24N2O6S/c1-16(2,3)17-25(21,22)13-9-11(7-8-12(13)23-6)15(20)24-10-14(19)18(4)5/h7-9,17H,10H2,1-6H3. The highest BCUT2D eigenvalue weighted by molar-refractivity contribution is 7.89. The molecule has 140 valence electrons. The minimum absolute atomic E-state index is 0.00152. The zero-order chi connectivity index (χ0) is 19.4. The van der Waals surface area contributed by atoms with Crippen LogP contribution in [0.15, 0.2) is 23.1 Å². The molecule has 1 amide bonds. The van der Waals surface area contributed by atoms with Crippen molar-refractivity contribution in [1.82, 2.24) is 9.62 Å². The Morgan fingerprint density at radius 2 is 1.80 bits per heavy atom. The van der Waals surface area contributed by atoms with Gasteiger partial charge in [-0.15, -0.1) is 0 Å². The molecule has 0 bridgehead atoms. The highest BCUT2D eigenvalue weighted by Crippen LogP contribution is 2.26. The van der Waals surface area contributed by atoms with Gasteiger partial charge in [0.1, 0.15) is 10.6 Å². The van der Waals surface area contributed by atoms with Crippen molar-refractivity contribution in [2.75, 3.05) is 27.8 Å². The van der Waals surface area contributed by atoms with Gasteiger partial charge in [-0.05, 0) is 39.0 Å². The minimum atomic E-state index is -3.92. The van der Waals surface area contributed by atoms with Gasteiger partial charge in [0.25, 0.3) is 5.91 Å². The third-order valence-electron chi connectivity index (χ3n) is 2.95. The van der Waals surface area contributed by atoms with Crippen LogP contribution in [0.2, 0.25) is 0 Å². The summed E-state index contributed by atoms with van der Waals surface area (Å²) in [6.45, 7) is 4.66. The SMILES string of the molecule is COc1ccc(C(=O)OCC(=O)N(C)C)cc1S(=O)(=O)NC(C)(C)C. The van der Waals surface area contributed by atoms with E-state index in [1.807, 2.05) is 0 Å². The molecule has 1 aromatic rings. The first-order chi connectivity index (χ1) is 11.4. The highest BCUT2D eigenvalue weighted by Gasteiger charge is 2.26. The van der Waals surface area contributed by atoms with Crippen LogP contribution >= 0.6 is 0 Å². The van der Waals surface area contributed by atoms with Gasteiger partial charge in [-0.1, -0.05) is 0 Å². The number of carbonyl (C=O) groups excluding carboxylic acids is 2. The summed E-state index contributed by atoms with van der Waals surface area (Å²) < 4.78 is 37.6. The lowest BCUT2D eigenvalue weighted by Gasteiger charge is -2.21. The molecule has 0 spiro atoms. The number of rotatable bonds is 6. The number of esters is 1. The normalized spacial score (nSPS) is 11.8. The number of likely N-dealkylation sites (N-methyl/N-ethyl adjacent to an activating group) is 1. The van der Waals surface area contributed by atoms with Crippen LogP contribution in [0, 0.1) is 0 Å². The number of methoxy groups -OCH3 is 1. The maximum absolute atomic E-state index is 12.6. The first-order valence-corrected chi connectivity index (χ1v) is 8.95. The summed E-state index contributed by atoms with van der Waals surface area (Å²) in [5, 5.41) is 0. The molecule has 25 heavy (non-hydrogen) atoms. The van der Waals surface area contributed by atoms with Gasteiger partial charge in [0.15, 0.2) is 6.61 Å². The molecular weight excluding hydrogens is 348 g/mol. The van der Waals surface area contributed by atoms with E-state index in [0.29, 0.717) is 0 Å². The van der Waals surface area contributed by atoms with Gasteiger partial charge in [0.2, 0.25) is 10.0 Å². The fraction of sp³-hybridized carbons (Fsp3) is 0.500. The van der Waals surface area contributed by atoms with Crippen molar-refractivity contribution < 1.29 is 27.5 Å². The Balaban J connectivity index is 3.14. The van der Waals surface area contributed by atoms with Gasteiger partial charge in [0, 0.05) is 19.6 Å². The number of carbonyl (C=O) groups is 2. The van der Waals surface area contributed by atoms with E-state index in [-0.39, 0.29) is 22.1 Å². The Morgan fingerprint density at radius 3 is 2.28 bits per heavy atom. The van der Waals surface area contributed by atoms with Crippen molar-refractivity contribution in [1.29, 1.82) is 0 Å². The van der Waals surface area contributed by atoms with Crippen LogP contribution in [-0.2, 0) is 19.6 Å². The van der Waals surface area contributed by atoms with E-state index in [1.54, 1.807) is 20.8 Å². The van der Waals surface area contributed by atoms with Gasteiger partial charge in [-0.3, -0.25) is 4.79 Å². The fourth-order valence-electron chi connectivity index (χ4n) is 1.81. The molecule has 0 unspecified atom stereocenters. The first-order valence-electron chi connectivity index (χ1n) is 7.46. The Hall–Kier alpha value is -2.13. The summed E-state index contributed by atoms with van der Waals surface area (Å²) in [6.07, 6.45) is 0. The summed E-state index contributed by atoms with van der Waals surface area (Å²) in [6, 6.07) is 3.90. The number of sulfonamides is 1. The maximum Gasteiger partial charge on any atom is 0.338 e. The van der Waals surface area contributed by atoms with Crippen molar-refractivity contribution in [3.63, 3.8) is 0 Å². The van der Waals surface area contributed by atoms with Crippen LogP contribution in [0.5, 0.6) is 5.75 Å². The second kappa shape index (κ2) is 7.83. The number of hydrogen-bond donors (Lipinski definition) is 1. The lowest BCUT2D eigenvalue weighted by Crippen LogP contribution is -2.40. The number of benzene rings is 1. The van der Waals surface area contributed by atoms with Crippen LogP contribution in [-0.4, -0.2) is 58.5 Å². The van der Waals surface area contributed by atoms with Crippen molar-refractivity contribution in [3.8, 4) is 5.75 Å². The van der Waals surface area contributed by atoms with E-state index < -0.39 is 28.1 Å². The largest absolute Gasteiger partial charge is 0.495 e. The van der Waals surface area contributed by atoms with E-state index >= 15 is 0 Å². The molecule has 0 radical (unpaired) electrons. The lowest BCUT2D eigenvalue weighted by atomic mass is 10.1. The first kappa shape index (κ1) is 20.9. The summed E-state index contributed by atoms with van der Waals surface area (Å²) in [5.74, 6) is -1.09.